The van der Waals surface area contributed by atoms with Crippen molar-refractivity contribution in [1.29, 1.82) is 0 Å². The average Bonchev–Trinajstić information content (AvgIpc) is 0.763. The highest BCUT2D eigenvalue weighted by Crippen LogP contribution is 2.43. The van der Waals surface area contributed by atoms with Crippen molar-refractivity contribution in [3.63, 3.8) is 0 Å². The maximum atomic E-state index is 14.8. The molecule has 11 rings (SSSR count). The molecular weight excluding hydrogens is 1410 g/mol. The van der Waals surface area contributed by atoms with Crippen LogP contribution in [0.5, 0.6) is 0 Å². The van der Waals surface area contributed by atoms with Crippen LogP contribution in [-0.2, 0) is 123 Å². The van der Waals surface area contributed by atoms with E-state index in [4.69, 9.17) is 80.5 Å². The second-order valence-electron chi connectivity index (χ2n) is 28.4. The Labute approximate surface area is 643 Å². The minimum absolute atomic E-state index is 0.108. The van der Waals surface area contributed by atoms with Crippen molar-refractivity contribution in [1.82, 2.24) is 5.32 Å². The van der Waals surface area contributed by atoms with Crippen molar-refractivity contribution < 1.29 is 104 Å². The van der Waals surface area contributed by atoms with Gasteiger partial charge in [0.1, 0.15) is 43.7 Å². The molecule has 0 saturated carbocycles. The first-order chi connectivity index (χ1) is 53.6. The fraction of sp³-hybridized carbons (Fsp3) is 0.460. The van der Waals surface area contributed by atoms with Crippen LogP contribution in [0.4, 0.5) is 4.79 Å². The predicted octanol–water partition coefficient (Wildman–Crippen LogP) is 13.1. The highest BCUT2D eigenvalue weighted by Gasteiger charge is 2.58. The fourth-order valence-corrected chi connectivity index (χ4v) is 14.1. The Morgan fingerprint density at radius 1 is 0.364 bits per heavy atom. The summed E-state index contributed by atoms with van der Waals surface area (Å²) >= 11 is 0. The van der Waals surface area contributed by atoms with Crippen LogP contribution >= 0.6 is 0 Å². The summed E-state index contributed by atoms with van der Waals surface area (Å²) in [4.78, 5) is 69.7. The normalized spacial score (nSPS) is 28.0. The van der Waals surface area contributed by atoms with Gasteiger partial charge in [-0.05, 0) is 83.2 Å². The minimum atomic E-state index is -1.61. The van der Waals surface area contributed by atoms with Crippen LogP contribution in [0.25, 0.3) is 0 Å². The first-order valence-electron chi connectivity index (χ1n) is 38.0. The predicted molar refractivity (Wildman–Crippen MR) is 402 cm³/mol. The number of ether oxygens (including phenoxy) is 17. The van der Waals surface area contributed by atoms with E-state index in [1.165, 1.54) is 14.0 Å². The van der Waals surface area contributed by atoms with Crippen LogP contribution in [0.2, 0.25) is 0 Å². The van der Waals surface area contributed by atoms with E-state index < -0.39 is 140 Å². The largest absolute Gasteiger partial charge is 0.467 e. The van der Waals surface area contributed by atoms with Gasteiger partial charge in [0.2, 0.25) is 0 Å². The third-order valence-electron chi connectivity index (χ3n) is 20.6. The number of hydrogen-bond donors (Lipinski definition) is 1. The van der Waals surface area contributed by atoms with Crippen molar-refractivity contribution in [3.8, 4) is 0 Å². The number of rotatable bonds is 36. The summed E-state index contributed by atoms with van der Waals surface area (Å²) in [5, 5.41) is 2.82. The molecule has 4 saturated heterocycles. The van der Waals surface area contributed by atoms with E-state index in [-0.39, 0.29) is 75.8 Å². The van der Waals surface area contributed by atoms with Gasteiger partial charge in [0.05, 0.1) is 76.2 Å². The Balaban J connectivity index is 0.900. The van der Waals surface area contributed by atoms with Crippen molar-refractivity contribution in [2.24, 2.45) is 29.6 Å². The molecule has 110 heavy (non-hydrogen) atoms. The second-order valence-corrected chi connectivity index (χ2v) is 28.4. The number of benzene rings is 7. The zero-order valence-electron chi connectivity index (χ0n) is 63.4. The van der Waals surface area contributed by atoms with Crippen molar-refractivity contribution >= 4 is 30.0 Å². The molecule has 4 fully saturated rings. The molecule has 1 N–H and O–H groups in total. The number of esters is 4. The average molecular weight is 1510 g/mol. The van der Waals surface area contributed by atoms with Crippen LogP contribution in [0.3, 0.4) is 0 Å². The van der Waals surface area contributed by atoms with Gasteiger partial charge in [0, 0.05) is 37.8 Å². The van der Waals surface area contributed by atoms with Gasteiger partial charge in [-0.3, -0.25) is 4.79 Å². The smallest absolute Gasteiger partial charge is 0.407 e. The van der Waals surface area contributed by atoms with Gasteiger partial charge in [-0.1, -0.05) is 223 Å². The van der Waals surface area contributed by atoms with Crippen LogP contribution in [-0.4, -0.2) is 162 Å². The van der Waals surface area contributed by atoms with Crippen LogP contribution in [0, 0.1) is 29.6 Å². The number of hydrogen-bond acceptors (Lipinski definition) is 22. The maximum absolute atomic E-state index is 14.8. The Morgan fingerprint density at radius 2 is 0.755 bits per heavy atom. The minimum Gasteiger partial charge on any atom is -0.467 e. The third kappa shape index (κ3) is 23.2. The molecule has 4 aliphatic rings. The number of carbonyl (C=O) groups excluding carboxylic acids is 5. The van der Waals surface area contributed by atoms with Gasteiger partial charge in [-0.15, -0.1) is 0 Å². The molecule has 588 valence electrons. The van der Waals surface area contributed by atoms with Gasteiger partial charge in [0.15, 0.2) is 43.5 Å². The van der Waals surface area contributed by atoms with Gasteiger partial charge in [0.25, 0.3) is 0 Å². The Bertz CT molecular complexity index is 3890. The summed E-state index contributed by atoms with van der Waals surface area (Å²) in [6, 6.07) is 65.0. The Hall–Kier alpha value is -8.79. The molecule has 23 heteroatoms. The molecule has 4 aliphatic heterocycles. The summed E-state index contributed by atoms with van der Waals surface area (Å²) in [6.07, 6.45) is -15.9. The van der Waals surface area contributed by atoms with Gasteiger partial charge in [-0.25, -0.2) is 19.2 Å². The number of methoxy groups -OCH3 is 1. The number of nitrogens with one attached hydrogen (secondary N) is 1. The molecule has 1 amide bonds. The van der Waals surface area contributed by atoms with E-state index in [1.807, 2.05) is 159 Å². The summed E-state index contributed by atoms with van der Waals surface area (Å²) < 4.78 is 113. The summed E-state index contributed by atoms with van der Waals surface area (Å²) in [6.45, 7) is 12.2. The van der Waals surface area contributed by atoms with Crippen LogP contribution in [0.1, 0.15) is 109 Å². The molecule has 4 heterocycles. The molecule has 23 nitrogen and oxygen atoms in total. The lowest BCUT2D eigenvalue weighted by Gasteiger charge is -2.51. The lowest BCUT2D eigenvalue weighted by Crippen LogP contribution is -2.65. The Kier molecular flexibility index (Phi) is 31.4. The molecule has 0 aromatic heterocycles. The van der Waals surface area contributed by atoms with Gasteiger partial charge >= 0.3 is 30.0 Å². The first kappa shape index (κ1) is 82.2. The SMILES string of the molecule is COC(=O)C1O[C@@H](O[C@@H]2C(COCc3ccccc3)O[C@@H](O[C@@H]3C(COC(C)=O)O[C@H](OCCCCCNC(=O)OCc4ccccc4)C(OCc4ccccc4)[C@H]3C)C(OC(=O)c3ccccc3)[C@H]2C)C(OC(=O)c2ccccc2)[C@@H](C)[C@@H]1O[C@H]1OC(COCc2ccccc2)[C@H](C)[C@H](C)C1OCc1ccccc1. The topological polar surface area (TPSA) is 254 Å². The zero-order chi connectivity index (χ0) is 77.1. The molecule has 0 spiro atoms. The quantitative estimate of drug-likeness (QED) is 0.0217. The molecule has 7 aromatic carbocycles. The van der Waals surface area contributed by atoms with E-state index in [2.05, 4.69) is 19.2 Å². The van der Waals surface area contributed by atoms with Crippen LogP contribution < -0.4 is 5.32 Å². The molecule has 0 bridgehead atoms. The first-order valence-corrected chi connectivity index (χ1v) is 38.0. The molecule has 8 unspecified atom stereocenters. The molecule has 20 atom stereocenters. The monoisotopic (exact) mass is 1510 g/mol. The highest BCUT2D eigenvalue weighted by atomic mass is 16.8. The molecule has 0 radical (unpaired) electrons. The lowest BCUT2D eigenvalue weighted by atomic mass is 9.83. The van der Waals surface area contributed by atoms with Crippen molar-refractivity contribution in [3.05, 3.63) is 251 Å². The number of carbonyl (C=O) groups is 5. The number of amides is 1. The third-order valence-corrected chi connectivity index (χ3v) is 20.6. The fourth-order valence-electron chi connectivity index (χ4n) is 14.1. The van der Waals surface area contributed by atoms with E-state index in [9.17, 15) is 24.0 Å². The van der Waals surface area contributed by atoms with Gasteiger partial charge < -0.3 is 85.8 Å². The van der Waals surface area contributed by atoms with Crippen molar-refractivity contribution in [2.45, 2.75) is 186 Å². The van der Waals surface area contributed by atoms with E-state index in [0.29, 0.717) is 32.4 Å². The number of unbranched alkanes of at least 4 members (excludes halogenated alkanes) is 2. The zero-order valence-corrected chi connectivity index (χ0v) is 63.4. The van der Waals surface area contributed by atoms with E-state index in [0.717, 1.165) is 27.8 Å². The second kappa shape index (κ2) is 42.0. The lowest BCUT2D eigenvalue weighted by molar-refractivity contribution is -0.375. The molecule has 0 aliphatic carbocycles. The summed E-state index contributed by atoms with van der Waals surface area (Å²) in [7, 11) is 1.24. The van der Waals surface area contributed by atoms with E-state index >= 15 is 0 Å². The summed E-state index contributed by atoms with van der Waals surface area (Å²) in [5.41, 5.74) is 4.93. The molecule has 7 aromatic rings. The van der Waals surface area contributed by atoms with Crippen molar-refractivity contribution in [2.75, 3.05) is 40.1 Å². The van der Waals surface area contributed by atoms with Crippen LogP contribution in [0.15, 0.2) is 212 Å². The highest BCUT2D eigenvalue weighted by molar-refractivity contribution is 5.90. The Morgan fingerprint density at radius 3 is 1.25 bits per heavy atom. The van der Waals surface area contributed by atoms with Gasteiger partial charge in [-0.2, -0.15) is 0 Å². The molecular formula is C87H103NO22. The summed E-state index contributed by atoms with van der Waals surface area (Å²) in [5.74, 6) is -5.72. The maximum Gasteiger partial charge on any atom is 0.407 e. The van der Waals surface area contributed by atoms with E-state index in [1.54, 1.807) is 74.5 Å². The number of alkyl carbamates (subject to hydrolysis) is 1. The standard InChI is InChI=1S/C87H103NO22/c1-56-57(2)75(99-50-64-36-20-10-21-37-64)84(102-69(56)53-95-48-62-32-16-8-17-33-62)109-74-60(5)78(106-81(91)68-44-28-14-29-45-68)86(110-79(74)82(92)94-7)108-73-59(4)77(105-80(90)67-42-26-13-27-43-67)85(104-70(73)54-96-49-63-34-18-9-19-35-63)107-72-58(3)76(100-51-65-38-22-11-23-39-65)83(103-71(72)55-98-61(6)89)97-47-31-15-30-46-88-87(93)101-52-66-40-24-12-25-41-66/h8-14,16-29,32-45,56-60,69-79,83-86H,15,30-31,46-55H2,1-7H3,(H,88,93)/t56-,57+,58+,59+,60+,69?,70?,71?,72+,73+,74+,75?,76?,77?,78?,79?,83+,84-,85+,86-/m1/s1.